The smallest absolute Gasteiger partial charge is 0.310 e. The number of thioether (sulfide) groups is 1. The van der Waals surface area contributed by atoms with E-state index >= 15 is 0 Å². The van der Waals surface area contributed by atoms with E-state index in [1.54, 1.807) is 18.7 Å². The normalized spacial score (nSPS) is 34.9. The van der Waals surface area contributed by atoms with Crippen molar-refractivity contribution in [1.29, 1.82) is 0 Å². The summed E-state index contributed by atoms with van der Waals surface area (Å²) in [5, 5.41) is 12.4. The van der Waals surface area contributed by atoms with Gasteiger partial charge in [0.15, 0.2) is 0 Å². The zero-order chi connectivity index (χ0) is 18.9. The number of aliphatic hydroxyl groups is 1. The largest absolute Gasteiger partial charge is 0.466 e. The summed E-state index contributed by atoms with van der Waals surface area (Å²) in [7, 11) is 0. The number of carbonyl (C=O) groups excluding carboxylic acids is 3. The van der Waals surface area contributed by atoms with Gasteiger partial charge in [-0.25, -0.2) is 0 Å². The Bertz CT molecular complexity index is 586. The van der Waals surface area contributed by atoms with Gasteiger partial charge in [-0.15, -0.1) is 11.8 Å². The maximum atomic E-state index is 13.1. The van der Waals surface area contributed by atoms with Crippen LogP contribution in [0.25, 0.3) is 0 Å². The predicted octanol–water partition coefficient (Wildman–Crippen LogP) is 0.549. The number of β-amino-alcohol motifs (C(OH)–C–C–N with tert-alkyl or cyclic N) is 1. The van der Waals surface area contributed by atoms with Crippen LogP contribution < -0.4 is 5.32 Å². The first-order valence-electron chi connectivity index (χ1n) is 9.55. The van der Waals surface area contributed by atoms with E-state index in [-0.39, 0.29) is 42.8 Å². The Kier molecular flexibility index (Phi) is 5.81. The van der Waals surface area contributed by atoms with Gasteiger partial charge in [0.05, 0.1) is 29.8 Å². The average molecular weight is 384 g/mol. The van der Waals surface area contributed by atoms with Crippen LogP contribution in [-0.4, -0.2) is 70.1 Å². The summed E-state index contributed by atoms with van der Waals surface area (Å²) in [4.78, 5) is 40.1. The second-order valence-corrected chi connectivity index (χ2v) is 8.81. The standard InChI is InChI=1S/C18H28N2O5S/c1-3-5-8-19-15(22)14-18-7-6-11(26-18)12(17(24)25-4-2)13(18)16(23)20(14)9-10-21/h11-14,21H,3-10H2,1-2H3,(H,19,22)/t11-,12+,13+,14?,18?/m1/s1. The minimum atomic E-state index is -0.626. The van der Waals surface area contributed by atoms with Gasteiger partial charge in [0, 0.05) is 18.3 Å². The number of carbonyl (C=O) groups is 3. The Morgan fingerprint density at radius 3 is 2.85 bits per heavy atom. The molecule has 2 N–H and O–H groups in total. The Labute approximate surface area is 158 Å². The summed E-state index contributed by atoms with van der Waals surface area (Å²) in [6, 6.07) is -0.626. The number of nitrogens with zero attached hydrogens (tertiary/aromatic N) is 1. The number of unbranched alkanes of at least 4 members (excludes halogenated alkanes) is 1. The maximum absolute atomic E-state index is 13.1. The summed E-state index contributed by atoms with van der Waals surface area (Å²) in [5.41, 5.74) is 0. The van der Waals surface area contributed by atoms with Crippen LogP contribution in [-0.2, 0) is 19.1 Å². The number of amides is 2. The molecular weight excluding hydrogens is 356 g/mol. The van der Waals surface area contributed by atoms with E-state index < -0.39 is 22.6 Å². The van der Waals surface area contributed by atoms with E-state index in [0.717, 1.165) is 25.7 Å². The highest BCUT2D eigenvalue weighted by atomic mass is 32.2. The second-order valence-electron chi connectivity index (χ2n) is 7.21. The third-order valence-corrected chi connectivity index (χ3v) is 7.73. The Hall–Kier alpha value is -1.28. The quantitative estimate of drug-likeness (QED) is 0.469. The summed E-state index contributed by atoms with van der Waals surface area (Å²) >= 11 is 1.62. The van der Waals surface area contributed by atoms with Crippen molar-refractivity contribution in [1.82, 2.24) is 10.2 Å². The Morgan fingerprint density at radius 2 is 2.19 bits per heavy atom. The first kappa shape index (κ1) is 19.5. The molecule has 8 heteroatoms. The summed E-state index contributed by atoms with van der Waals surface area (Å²) in [5.74, 6) is -1.71. The van der Waals surface area contributed by atoms with Crippen molar-refractivity contribution in [2.24, 2.45) is 11.8 Å². The Balaban J connectivity index is 1.90. The van der Waals surface area contributed by atoms with Crippen LogP contribution in [0.2, 0.25) is 0 Å². The van der Waals surface area contributed by atoms with Crippen LogP contribution in [0.3, 0.4) is 0 Å². The van der Waals surface area contributed by atoms with Gasteiger partial charge < -0.3 is 20.1 Å². The van der Waals surface area contributed by atoms with Gasteiger partial charge in [-0.1, -0.05) is 13.3 Å². The number of nitrogens with one attached hydrogen (secondary N) is 1. The predicted molar refractivity (Wildman–Crippen MR) is 97.5 cm³/mol. The van der Waals surface area contributed by atoms with E-state index in [4.69, 9.17) is 4.74 Å². The number of rotatable bonds is 8. The first-order valence-corrected chi connectivity index (χ1v) is 10.4. The molecule has 1 spiro atoms. The minimum Gasteiger partial charge on any atom is -0.466 e. The summed E-state index contributed by atoms with van der Waals surface area (Å²) < 4.78 is 4.65. The molecule has 0 aromatic carbocycles. The molecule has 3 aliphatic rings. The maximum Gasteiger partial charge on any atom is 0.310 e. The monoisotopic (exact) mass is 384 g/mol. The fourth-order valence-electron chi connectivity index (χ4n) is 4.79. The van der Waals surface area contributed by atoms with E-state index in [9.17, 15) is 19.5 Å². The van der Waals surface area contributed by atoms with Crippen molar-refractivity contribution in [3.63, 3.8) is 0 Å². The van der Waals surface area contributed by atoms with E-state index in [2.05, 4.69) is 12.2 Å². The van der Waals surface area contributed by atoms with Crippen molar-refractivity contribution in [3.8, 4) is 0 Å². The lowest BCUT2D eigenvalue weighted by Gasteiger charge is -2.33. The fraction of sp³-hybridized carbons (Fsp3) is 0.833. The molecule has 0 radical (unpaired) electrons. The van der Waals surface area contributed by atoms with Crippen molar-refractivity contribution < 1.29 is 24.2 Å². The minimum absolute atomic E-state index is 0.0326. The molecule has 3 aliphatic heterocycles. The van der Waals surface area contributed by atoms with Crippen LogP contribution in [0.15, 0.2) is 0 Å². The van der Waals surface area contributed by atoms with Gasteiger partial charge >= 0.3 is 5.97 Å². The van der Waals surface area contributed by atoms with Gasteiger partial charge in [-0.2, -0.15) is 0 Å². The molecule has 146 valence electrons. The van der Waals surface area contributed by atoms with Gasteiger partial charge in [0.1, 0.15) is 6.04 Å². The SMILES string of the molecule is CCCCNC(=O)C1N(CCO)C(=O)[C@@H]2[C@@H](C(=O)OCC)[C@H]3CCC12S3. The molecule has 2 bridgehead atoms. The van der Waals surface area contributed by atoms with Crippen molar-refractivity contribution in [2.45, 2.75) is 55.6 Å². The van der Waals surface area contributed by atoms with Gasteiger partial charge in [-0.05, 0) is 26.2 Å². The van der Waals surface area contributed by atoms with Crippen LogP contribution >= 0.6 is 11.8 Å². The van der Waals surface area contributed by atoms with Crippen LogP contribution in [0, 0.1) is 11.8 Å². The number of fused-ring (bicyclic) bond motifs is 1. The molecule has 26 heavy (non-hydrogen) atoms. The molecule has 0 saturated carbocycles. The van der Waals surface area contributed by atoms with E-state index in [0.29, 0.717) is 6.54 Å². The molecule has 0 aromatic heterocycles. The van der Waals surface area contributed by atoms with Crippen LogP contribution in [0.4, 0.5) is 0 Å². The lowest BCUT2D eigenvalue weighted by Crippen LogP contribution is -2.54. The van der Waals surface area contributed by atoms with Crippen molar-refractivity contribution >= 4 is 29.5 Å². The van der Waals surface area contributed by atoms with Crippen molar-refractivity contribution in [3.05, 3.63) is 0 Å². The average Bonchev–Trinajstić information content (AvgIpc) is 3.24. The lowest BCUT2D eigenvalue weighted by atomic mass is 9.71. The molecular formula is C18H28N2O5S. The number of hydrogen-bond donors (Lipinski definition) is 2. The van der Waals surface area contributed by atoms with E-state index in [1.165, 1.54) is 4.90 Å². The van der Waals surface area contributed by atoms with Crippen molar-refractivity contribution in [2.75, 3.05) is 26.3 Å². The summed E-state index contributed by atoms with van der Waals surface area (Å²) in [6.07, 6.45) is 3.40. The first-order chi connectivity index (χ1) is 12.5. The highest BCUT2D eigenvalue weighted by Crippen LogP contribution is 2.66. The third kappa shape index (κ3) is 2.91. The number of esters is 1. The molecule has 3 fully saturated rings. The van der Waals surface area contributed by atoms with Crippen LogP contribution in [0.5, 0.6) is 0 Å². The Morgan fingerprint density at radius 1 is 1.42 bits per heavy atom. The molecule has 3 saturated heterocycles. The molecule has 5 atom stereocenters. The molecule has 3 heterocycles. The molecule has 2 unspecified atom stereocenters. The molecule has 2 amide bonds. The lowest BCUT2D eigenvalue weighted by molar-refractivity contribution is -0.153. The summed E-state index contributed by atoms with van der Waals surface area (Å²) in [6.45, 7) is 4.57. The third-order valence-electron chi connectivity index (χ3n) is 5.78. The molecule has 7 nitrogen and oxygen atoms in total. The highest BCUT2D eigenvalue weighted by molar-refractivity contribution is 8.02. The molecule has 0 aromatic rings. The van der Waals surface area contributed by atoms with E-state index in [1.807, 2.05) is 0 Å². The zero-order valence-electron chi connectivity index (χ0n) is 15.4. The number of likely N-dealkylation sites (tertiary alicyclic amines) is 1. The van der Waals surface area contributed by atoms with Gasteiger partial charge in [0.25, 0.3) is 0 Å². The number of aliphatic hydroxyl groups excluding tert-OH is 1. The number of ether oxygens (including phenoxy) is 1. The zero-order valence-corrected chi connectivity index (χ0v) is 16.2. The fourth-order valence-corrected chi connectivity index (χ4v) is 7.00. The topological polar surface area (TPSA) is 95.9 Å². The molecule has 3 rings (SSSR count). The van der Waals surface area contributed by atoms with Gasteiger partial charge in [0.2, 0.25) is 11.8 Å². The highest BCUT2D eigenvalue weighted by Gasteiger charge is 2.73. The molecule has 0 aliphatic carbocycles. The number of hydrogen-bond acceptors (Lipinski definition) is 6. The van der Waals surface area contributed by atoms with Gasteiger partial charge in [-0.3, -0.25) is 14.4 Å². The second kappa shape index (κ2) is 7.76. The van der Waals surface area contributed by atoms with Crippen LogP contribution in [0.1, 0.15) is 39.5 Å².